The largest absolute Gasteiger partial charge is 0.494 e. The molecule has 0 saturated carbocycles. The number of carbonyl (C=O) groups excluding carboxylic acids is 1. The Morgan fingerprint density at radius 1 is 1.12 bits per heavy atom. The lowest BCUT2D eigenvalue weighted by molar-refractivity contribution is 0.206. The van der Waals surface area contributed by atoms with Crippen molar-refractivity contribution in [3.8, 4) is 5.75 Å². The van der Waals surface area contributed by atoms with E-state index < -0.39 is 0 Å². The van der Waals surface area contributed by atoms with Gasteiger partial charge in [-0.1, -0.05) is 23.8 Å². The smallest absolute Gasteiger partial charge is 0.322 e. The molecule has 1 aliphatic heterocycles. The molecule has 1 N–H and O–H groups in total. The van der Waals surface area contributed by atoms with Crippen molar-refractivity contribution >= 4 is 11.7 Å². The second kappa shape index (κ2) is 7.18. The molecule has 3 rings (SSSR count). The van der Waals surface area contributed by atoms with Crippen LogP contribution in [0.1, 0.15) is 34.7 Å². The third-order valence-corrected chi connectivity index (χ3v) is 4.70. The minimum Gasteiger partial charge on any atom is -0.494 e. The number of nitrogens with one attached hydrogen (secondary N) is 1. The molecule has 132 valence electrons. The highest BCUT2D eigenvalue weighted by Gasteiger charge is 2.22. The van der Waals surface area contributed by atoms with Crippen molar-refractivity contribution in [2.45, 2.75) is 40.7 Å². The van der Waals surface area contributed by atoms with Crippen LogP contribution < -0.4 is 10.1 Å². The number of hydrogen-bond donors (Lipinski definition) is 1. The van der Waals surface area contributed by atoms with Crippen molar-refractivity contribution in [2.24, 2.45) is 0 Å². The van der Waals surface area contributed by atoms with Crippen LogP contribution in [-0.4, -0.2) is 24.1 Å². The fourth-order valence-electron chi connectivity index (χ4n) is 3.53. The molecular formula is C21H26N2O2. The minimum atomic E-state index is -0.0393. The molecule has 2 amide bonds. The first-order valence-electron chi connectivity index (χ1n) is 8.86. The summed E-state index contributed by atoms with van der Waals surface area (Å²) in [5.74, 6) is 0.869. The van der Waals surface area contributed by atoms with E-state index in [2.05, 4.69) is 36.5 Å². The molecule has 4 nitrogen and oxygen atoms in total. The topological polar surface area (TPSA) is 41.6 Å². The second-order valence-electron chi connectivity index (χ2n) is 6.74. The molecule has 25 heavy (non-hydrogen) atoms. The van der Waals surface area contributed by atoms with Gasteiger partial charge in [-0.25, -0.2) is 4.79 Å². The number of rotatable bonds is 3. The number of fused-ring (bicyclic) bond motifs is 1. The zero-order chi connectivity index (χ0) is 18.0. The molecule has 0 radical (unpaired) electrons. The lowest BCUT2D eigenvalue weighted by Gasteiger charge is -2.30. The van der Waals surface area contributed by atoms with Gasteiger partial charge in [0.25, 0.3) is 0 Å². The van der Waals surface area contributed by atoms with Gasteiger partial charge in [0.05, 0.1) is 6.61 Å². The molecule has 2 aromatic carbocycles. The second-order valence-corrected chi connectivity index (χ2v) is 6.74. The van der Waals surface area contributed by atoms with E-state index in [-0.39, 0.29) is 6.03 Å². The average molecular weight is 338 g/mol. The Hall–Kier alpha value is -2.49. The minimum absolute atomic E-state index is 0.0393. The zero-order valence-corrected chi connectivity index (χ0v) is 15.5. The Morgan fingerprint density at radius 2 is 1.84 bits per heavy atom. The molecule has 1 heterocycles. The fourth-order valence-corrected chi connectivity index (χ4v) is 3.53. The number of hydrogen-bond acceptors (Lipinski definition) is 2. The average Bonchev–Trinajstić information content (AvgIpc) is 2.57. The number of nitrogens with zero attached hydrogens (tertiary/aromatic N) is 1. The third-order valence-electron chi connectivity index (χ3n) is 4.70. The van der Waals surface area contributed by atoms with E-state index in [9.17, 15) is 4.79 Å². The SMILES string of the molecule is CCOc1ccc2c(c1)CN(C(=O)Nc1c(C)cc(C)cc1C)CC2. The highest BCUT2D eigenvalue weighted by atomic mass is 16.5. The van der Waals surface area contributed by atoms with Gasteiger partial charge in [-0.2, -0.15) is 0 Å². The van der Waals surface area contributed by atoms with Gasteiger partial charge in [0.2, 0.25) is 0 Å². The van der Waals surface area contributed by atoms with E-state index in [1.54, 1.807) is 0 Å². The third kappa shape index (κ3) is 3.78. The number of benzene rings is 2. The maximum absolute atomic E-state index is 12.8. The van der Waals surface area contributed by atoms with Crippen LogP contribution in [0.15, 0.2) is 30.3 Å². The molecule has 0 atom stereocenters. The van der Waals surface area contributed by atoms with E-state index in [0.717, 1.165) is 35.5 Å². The van der Waals surface area contributed by atoms with E-state index in [4.69, 9.17) is 4.74 Å². The first-order valence-corrected chi connectivity index (χ1v) is 8.86. The maximum atomic E-state index is 12.8. The van der Waals surface area contributed by atoms with Gasteiger partial charge in [-0.05, 0) is 68.5 Å². The number of ether oxygens (including phenoxy) is 1. The van der Waals surface area contributed by atoms with Gasteiger partial charge < -0.3 is 15.0 Å². The van der Waals surface area contributed by atoms with E-state index in [0.29, 0.717) is 13.2 Å². The van der Waals surface area contributed by atoms with E-state index in [1.807, 2.05) is 31.7 Å². The van der Waals surface area contributed by atoms with Gasteiger partial charge in [-0.3, -0.25) is 0 Å². The van der Waals surface area contributed by atoms with Gasteiger partial charge in [0.15, 0.2) is 0 Å². The summed E-state index contributed by atoms with van der Waals surface area (Å²) >= 11 is 0. The lowest BCUT2D eigenvalue weighted by Crippen LogP contribution is -2.39. The summed E-state index contributed by atoms with van der Waals surface area (Å²) in [6.45, 7) is 10.1. The molecule has 0 bridgehead atoms. The Kier molecular flexibility index (Phi) is 4.98. The first-order chi connectivity index (χ1) is 12.0. The van der Waals surface area contributed by atoms with Crippen molar-refractivity contribution in [3.05, 3.63) is 58.1 Å². The summed E-state index contributed by atoms with van der Waals surface area (Å²) in [7, 11) is 0. The first kappa shape index (κ1) is 17.3. The van der Waals surface area contributed by atoms with E-state index in [1.165, 1.54) is 16.7 Å². The van der Waals surface area contributed by atoms with Crippen LogP contribution >= 0.6 is 0 Å². The number of aryl methyl sites for hydroxylation is 3. The molecule has 0 saturated heterocycles. The Balaban J connectivity index is 1.75. The summed E-state index contributed by atoms with van der Waals surface area (Å²) in [5.41, 5.74) is 6.80. The predicted molar refractivity (Wildman–Crippen MR) is 101 cm³/mol. The fraction of sp³-hybridized carbons (Fsp3) is 0.381. The highest BCUT2D eigenvalue weighted by Crippen LogP contribution is 2.26. The summed E-state index contributed by atoms with van der Waals surface area (Å²) < 4.78 is 5.59. The van der Waals surface area contributed by atoms with Crippen molar-refractivity contribution < 1.29 is 9.53 Å². The number of urea groups is 1. The summed E-state index contributed by atoms with van der Waals surface area (Å²) in [6, 6.07) is 10.3. The standard InChI is InChI=1S/C21H26N2O2/c1-5-25-19-7-6-17-8-9-23(13-18(17)12-19)21(24)22-20-15(3)10-14(2)11-16(20)4/h6-7,10-12H,5,8-9,13H2,1-4H3,(H,22,24). The van der Waals surface area contributed by atoms with Crippen LogP contribution in [0.25, 0.3) is 0 Å². The highest BCUT2D eigenvalue weighted by molar-refractivity contribution is 5.91. The summed E-state index contributed by atoms with van der Waals surface area (Å²) in [5, 5.41) is 3.10. The molecular weight excluding hydrogens is 312 g/mol. The molecule has 1 aliphatic rings. The Labute approximate surface area is 149 Å². The van der Waals surface area contributed by atoms with Crippen LogP contribution in [0.2, 0.25) is 0 Å². The monoisotopic (exact) mass is 338 g/mol. The zero-order valence-electron chi connectivity index (χ0n) is 15.5. The van der Waals surface area contributed by atoms with Crippen LogP contribution in [0.3, 0.4) is 0 Å². The van der Waals surface area contributed by atoms with Crippen molar-refractivity contribution in [3.63, 3.8) is 0 Å². The number of carbonyl (C=O) groups is 1. The van der Waals surface area contributed by atoms with Gasteiger partial charge in [0.1, 0.15) is 5.75 Å². The molecule has 2 aromatic rings. The molecule has 4 heteroatoms. The Bertz CT molecular complexity index is 775. The Morgan fingerprint density at radius 3 is 2.52 bits per heavy atom. The molecule has 0 aromatic heterocycles. The molecule has 0 aliphatic carbocycles. The molecule has 0 unspecified atom stereocenters. The van der Waals surface area contributed by atoms with Gasteiger partial charge in [-0.15, -0.1) is 0 Å². The molecule has 0 fully saturated rings. The summed E-state index contributed by atoms with van der Waals surface area (Å²) in [6.07, 6.45) is 0.876. The van der Waals surface area contributed by atoms with Crippen molar-refractivity contribution in [2.75, 3.05) is 18.5 Å². The predicted octanol–water partition coefficient (Wildman–Crippen LogP) is 4.60. The van der Waals surface area contributed by atoms with Crippen LogP contribution in [-0.2, 0) is 13.0 Å². The van der Waals surface area contributed by atoms with Crippen LogP contribution in [0, 0.1) is 20.8 Å². The number of amides is 2. The lowest BCUT2D eigenvalue weighted by atomic mass is 9.99. The number of anilines is 1. The van der Waals surface area contributed by atoms with Crippen molar-refractivity contribution in [1.82, 2.24) is 4.90 Å². The van der Waals surface area contributed by atoms with E-state index >= 15 is 0 Å². The van der Waals surface area contributed by atoms with Gasteiger partial charge >= 0.3 is 6.03 Å². The molecule has 0 spiro atoms. The quantitative estimate of drug-likeness (QED) is 0.888. The van der Waals surface area contributed by atoms with Gasteiger partial charge in [0, 0.05) is 18.8 Å². The van der Waals surface area contributed by atoms with Crippen LogP contribution in [0.5, 0.6) is 5.75 Å². The maximum Gasteiger partial charge on any atom is 0.322 e. The summed E-state index contributed by atoms with van der Waals surface area (Å²) in [4.78, 5) is 14.6. The normalized spacial score (nSPS) is 13.4. The van der Waals surface area contributed by atoms with Crippen molar-refractivity contribution in [1.29, 1.82) is 0 Å². The van der Waals surface area contributed by atoms with Crippen LogP contribution in [0.4, 0.5) is 10.5 Å².